The molecule has 3 aromatic rings. The van der Waals surface area contributed by atoms with Gasteiger partial charge in [0.1, 0.15) is 29.3 Å². The Labute approximate surface area is 241 Å². The number of anilines is 1. The van der Waals surface area contributed by atoms with E-state index in [-0.39, 0.29) is 12.2 Å². The van der Waals surface area contributed by atoms with Crippen LogP contribution in [0.15, 0.2) is 54.7 Å². The average Bonchev–Trinajstić information content (AvgIpc) is 2.98. The van der Waals surface area contributed by atoms with Crippen molar-refractivity contribution in [3.05, 3.63) is 71.7 Å². The standard InChI is InChI=1S/C32H37N5O4/c1-32(2,3)41-31(38)37-14-11-27(12-15-37)40-29-9-6-24(21-25(29)22-33)28-10-13-34-30(35-28)20-23-4-7-26(8-5-23)36-16-18-39-19-17-36/h4-10,13,21,27H,11-12,14-20H2,1-3H3. The van der Waals surface area contributed by atoms with E-state index in [4.69, 9.17) is 19.2 Å². The number of ether oxygens (including phenoxy) is 3. The van der Waals surface area contributed by atoms with Crippen LogP contribution >= 0.6 is 0 Å². The number of morpholine rings is 1. The van der Waals surface area contributed by atoms with Crippen molar-refractivity contribution in [3.8, 4) is 23.1 Å². The molecule has 0 spiro atoms. The minimum Gasteiger partial charge on any atom is -0.489 e. The molecule has 2 aliphatic heterocycles. The predicted octanol–water partition coefficient (Wildman–Crippen LogP) is 5.22. The van der Waals surface area contributed by atoms with Gasteiger partial charge < -0.3 is 24.0 Å². The van der Waals surface area contributed by atoms with Gasteiger partial charge in [-0.3, -0.25) is 0 Å². The molecule has 2 saturated heterocycles. The first-order chi connectivity index (χ1) is 19.8. The van der Waals surface area contributed by atoms with Crippen LogP contribution in [-0.4, -0.2) is 72.1 Å². The number of aromatic nitrogens is 2. The molecule has 9 nitrogen and oxygen atoms in total. The lowest BCUT2D eigenvalue weighted by Gasteiger charge is -2.33. The first-order valence-corrected chi connectivity index (χ1v) is 14.2. The average molecular weight is 556 g/mol. The van der Waals surface area contributed by atoms with E-state index in [2.05, 4.69) is 40.2 Å². The minimum atomic E-state index is -0.521. The Balaban J connectivity index is 1.21. The number of amides is 1. The summed E-state index contributed by atoms with van der Waals surface area (Å²) in [6.45, 7) is 10.0. The normalized spacial score (nSPS) is 16.2. The summed E-state index contributed by atoms with van der Waals surface area (Å²) < 4.78 is 17.1. The second kappa shape index (κ2) is 12.6. The van der Waals surface area contributed by atoms with Crippen molar-refractivity contribution in [2.75, 3.05) is 44.3 Å². The van der Waals surface area contributed by atoms with Crippen LogP contribution in [0.3, 0.4) is 0 Å². The van der Waals surface area contributed by atoms with Crippen molar-refractivity contribution < 1.29 is 19.0 Å². The maximum Gasteiger partial charge on any atom is 0.410 e. The number of carbonyl (C=O) groups excluding carboxylic acids is 1. The van der Waals surface area contributed by atoms with E-state index in [1.54, 1.807) is 11.1 Å². The summed E-state index contributed by atoms with van der Waals surface area (Å²) in [5, 5.41) is 9.87. The van der Waals surface area contributed by atoms with Crippen molar-refractivity contribution in [3.63, 3.8) is 0 Å². The van der Waals surface area contributed by atoms with Gasteiger partial charge >= 0.3 is 6.09 Å². The van der Waals surface area contributed by atoms with Crippen molar-refractivity contribution >= 4 is 11.8 Å². The fraction of sp³-hybridized carbons (Fsp3) is 0.438. The second-order valence-corrected chi connectivity index (χ2v) is 11.4. The summed E-state index contributed by atoms with van der Waals surface area (Å²) in [6, 6.07) is 18.2. The maximum absolute atomic E-state index is 12.4. The molecule has 1 aromatic heterocycles. The summed E-state index contributed by atoms with van der Waals surface area (Å²) in [5.74, 6) is 1.26. The SMILES string of the molecule is CC(C)(C)OC(=O)N1CCC(Oc2ccc(-c3ccnc(Cc4ccc(N5CCOCC5)cc4)n3)cc2C#N)CC1. The van der Waals surface area contributed by atoms with Gasteiger partial charge in [0.25, 0.3) is 0 Å². The summed E-state index contributed by atoms with van der Waals surface area (Å²) in [6.07, 6.45) is 3.35. The molecule has 0 unspecified atom stereocenters. The van der Waals surface area contributed by atoms with Crippen molar-refractivity contribution in [2.24, 2.45) is 0 Å². The number of nitrogens with zero attached hydrogens (tertiary/aromatic N) is 5. The molecule has 214 valence electrons. The third-order valence-corrected chi connectivity index (χ3v) is 7.16. The van der Waals surface area contributed by atoms with Crippen LogP contribution in [0.25, 0.3) is 11.3 Å². The van der Waals surface area contributed by atoms with Gasteiger partial charge in [-0.2, -0.15) is 5.26 Å². The van der Waals surface area contributed by atoms with Crippen LogP contribution in [0.4, 0.5) is 10.5 Å². The predicted molar refractivity (Wildman–Crippen MR) is 156 cm³/mol. The Bertz CT molecular complexity index is 1380. The monoisotopic (exact) mass is 555 g/mol. The van der Waals surface area contributed by atoms with E-state index in [1.165, 1.54) is 5.69 Å². The molecule has 2 aliphatic rings. The van der Waals surface area contributed by atoms with Crippen LogP contribution in [0.5, 0.6) is 5.75 Å². The first kappa shape index (κ1) is 28.4. The molecule has 0 atom stereocenters. The van der Waals surface area contributed by atoms with Crippen LogP contribution < -0.4 is 9.64 Å². The highest BCUT2D eigenvalue weighted by Crippen LogP contribution is 2.28. The van der Waals surface area contributed by atoms with Gasteiger partial charge in [0, 0.05) is 62.9 Å². The molecule has 3 heterocycles. The van der Waals surface area contributed by atoms with E-state index in [0.29, 0.717) is 43.7 Å². The van der Waals surface area contributed by atoms with Crippen LogP contribution in [0.2, 0.25) is 0 Å². The van der Waals surface area contributed by atoms with Gasteiger partial charge in [0.05, 0.1) is 24.5 Å². The summed E-state index contributed by atoms with van der Waals surface area (Å²) >= 11 is 0. The fourth-order valence-electron chi connectivity index (χ4n) is 5.02. The maximum atomic E-state index is 12.4. The molecule has 1 amide bonds. The molecular formula is C32H37N5O4. The lowest BCUT2D eigenvalue weighted by atomic mass is 10.1. The summed E-state index contributed by atoms with van der Waals surface area (Å²) in [7, 11) is 0. The Morgan fingerprint density at radius 1 is 1.05 bits per heavy atom. The molecule has 9 heteroatoms. The zero-order valence-corrected chi connectivity index (χ0v) is 24.0. The number of likely N-dealkylation sites (tertiary alicyclic amines) is 1. The Morgan fingerprint density at radius 3 is 2.46 bits per heavy atom. The number of hydrogen-bond acceptors (Lipinski definition) is 8. The van der Waals surface area contributed by atoms with Gasteiger partial charge in [0.2, 0.25) is 0 Å². The fourth-order valence-corrected chi connectivity index (χ4v) is 5.02. The molecule has 2 fully saturated rings. The third kappa shape index (κ3) is 7.53. The van der Waals surface area contributed by atoms with Crippen LogP contribution in [-0.2, 0) is 15.9 Å². The van der Waals surface area contributed by atoms with Gasteiger partial charge in [-0.05, 0) is 62.7 Å². The number of piperidine rings is 1. The number of carbonyl (C=O) groups is 1. The summed E-state index contributed by atoms with van der Waals surface area (Å²) in [4.78, 5) is 25.7. The third-order valence-electron chi connectivity index (χ3n) is 7.16. The molecule has 5 rings (SSSR count). The van der Waals surface area contributed by atoms with Gasteiger partial charge in [-0.25, -0.2) is 14.8 Å². The molecule has 0 aliphatic carbocycles. The largest absolute Gasteiger partial charge is 0.489 e. The molecule has 0 radical (unpaired) electrons. The van der Waals surface area contributed by atoms with E-state index in [0.717, 1.165) is 48.9 Å². The molecular weight excluding hydrogens is 518 g/mol. The van der Waals surface area contributed by atoms with Crippen molar-refractivity contribution in [1.82, 2.24) is 14.9 Å². The Morgan fingerprint density at radius 2 is 1.78 bits per heavy atom. The van der Waals surface area contributed by atoms with Gasteiger partial charge in [-0.15, -0.1) is 0 Å². The highest BCUT2D eigenvalue weighted by Gasteiger charge is 2.28. The van der Waals surface area contributed by atoms with Gasteiger partial charge in [-0.1, -0.05) is 12.1 Å². The highest BCUT2D eigenvalue weighted by molar-refractivity contribution is 5.68. The van der Waals surface area contributed by atoms with E-state index in [1.807, 2.05) is 45.0 Å². The molecule has 0 N–H and O–H groups in total. The Hall–Kier alpha value is -4.16. The molecule has 0 bridgehead atoms. The van der Waals surface area contributed by atoms with Crippen molar-refractivity contribution in [2.45, 2.75) is 51.7 Å². The molecule has 0 saturated carbocycles. The Kier molecular flexibility index (Phi) is 8.70. The van der Waals surface area contributed by atoms with E-state index < -0.39 is 5.60 Å². The van der Waals surface area contributed by atoms with E-state index in [9.17, 15) is 10.1 Å². The summed E-state index contributed by atoms with van der Waals surface area (Å²) in [5.41, 5.74) is 3.86. The smallest absolute Gasteiger partial charge is 0.410 e. The zero-order chi connectivity index (χ0) is 28.8. The quantitative estimate of drug-likeness (QED) is 0.408. The second-order valence-electron chi connectivity index (χ2n) is 11.4. The van der Waals surface area contributed by atoms with Crippen LogP contribution in [0, 0.1) is 11.3 Å². The van der Waals surface area contributed by atoms with Crippen molar-refractivity contribution in [1.29, 1.82) is 5.26 Å². The number of rotatable bonds is 6. The topological polar surface area (TPSA) is 101 Å². The lowest BCUT2D eigenvalue weighted by molar-refractivity contribution is 0.0126. The molecule has 41 heavy (non-hydrogen) atoms. The minimum absolute atomic E-state index is 0.0769. The zero-order valence-electron chi connectivity index (χ0n) is 24.0. The molecule has 2 aromatic carbocycles. The number of benzene rings is 2. The number of nitriles is 1. The van der Waals surface area contributed by atoms with Crippen LogP contribution in [0.1, 0.15) is 50.6 Å². The number of hydrogen-bond donors (Lipinski definition) is 0. The van der Waals surface area contributed by atoms with Gasteiger partial charge in [0.15, 0.2) is 0 Å². The first-order valence-electron chi connectivity index (χ1n) is 14.2. The van der Waals surface area contributed by atoms with E-state index >= 15 is 0 Å². The lowest BCUT2D eigenvalue weighted by Crippen LogP contribution is -2.44. The highest BCUT2D eigenvalue weighted by atomic mass is 16.6.